The van der Waals surface area contributed by atoms with Crippen LogP contribution >= 0.6 is 11.3 Å². The highest BCUT2D eigenvalue weighted by atomic mass is 32.1. The number of likely N-dealkylation sites (tertiary alicyclic amines) is 1. The third kappa shape index (κ3) is 2.70. The lowest BCUT2D eigenvalue weighted by molar-refractivity contribution is 0.0561. The zero-order chi connectivity index (χ0) is 14.8. The molecule has 2 N–H and O–H groups in total. The predicted octanol–water partition coefficient (Wildman–Crippen LogP) is 3.49. The van der Waals surface area contributed by atoms with Gasteiger partial charge in [-0.05, 0) is 24.8 Å². The van der Waals surface area contributed by atoms with Gasteiger partial charge in [-0.25, -0.2) is 0 Å². The molecule has 0 bridgehead atoms. The summed E-state index contributed by atoms with van der Waals surface area (Å²) in [5.74, 6) is 0.860. The van der Waals surface area contributed by atoms with E-state index >= 15 is 0 Å². The normalized spacial score (nSPS) is 22.7. The first-order valence-corrected chi connectivity index (χ1v) is 8.59. The lowest BCUT2D eigenvalue weighted by atomic mass is 9.88. The van der Waals surface area contributed by atoms with E-state index in [9.17, 15) is 4.79 Å². The highest BCUT2D eigenvalue weighted by Gasteiger charge is 2.31. The Bertz CT molecular complexity index is 637. The number of nitrogens with two attached hydrogens (primary N) is 1. The van der Waals surface area contributed by atoms with Gasteiger partial charge in [0.2, 0.25) is 0 Å². The van der Waals surface area contributed by atoms with Crippen molar-refractivity contribution in [2.45, 2.75) is 32.2 Å². The van der Waals surface area contributed by atoms with Crippen molar-refractivity contribution in [2.24, 2.45) is 11.7 Å². The molecule has 1 aromatic heterocycles. The number of carbonyl (C=O) groups excluding carboxylic acids is 1. The first kappa shape index (κ1) is 14.5. The van der Waals surface area contributed by atoms with Crippen molar-refractivity contribution in [1.82, 2.24) is 4.90 Å². The maximum atomic E-state index is 12.9. The second-order valence-electron chi connectivity index (χ2n) is 5.83. The van der Waals surface area contributed by atoms with Gasteiger partial charge >= 0.3 is 0 Å². The maximum Gasteiger partial charge on any atom is 0.255 e. The van der Waals surface area contributed by atoms with Gasteiger partial charge in [0.1, 0.15) is 0 Å². The van der Waals surface area contributed by atoms with E-state index in [-0.39, 0.29) is 11.9 Å². The van der Waals surface area contributed by atoms with Crippen molar-refractivity contribution in [3.8, 4) is 0 Å². The van der Waals surface area contributed by atoms with Gasteiger partial charge < -0.3 is 10.6 Å². The summed E-state index contributed by atoms with van der Waals surface area (Å²) in [4.78, 5) is 14.9. The number of hydrogen-bond donors (Lipinski definition) is 1. The van der Waals surface area contributed by atoms with Crippen molar-refractivity contribution in [2.75, 3.05) is 13.1 Å². The topological polar surface area (TPSA) is 46.3 Å². The van der Waals surface area contributed by atoms with Gasteiger partial charge in [0.15, 0.2) is 0 Å². The molecule has 1 fully saturated rings. The third-order valence-corrected chi connectivity index (χ3v) is 5.61. The van der Waals surface area contributed by atoms with E-state index < -0.39 is 0 Å². The zero-order valence-electron chi connectivity index (χ0n) is 12.4. The highest BCUT2D eigenvalue weighted by Crippen LogP contribution is 2.30. The molecular formula is C17H22N2OS. The fraction of sp³-hybridized carbons (Fsp3) is 0.471. The second-order valence-corrected chi connectivity index (χ2v) is 6.74. The number of amides is 1. The molecule has 1 amide bonds. The van der Waals surface area contributed by atoms with Crippen molar-refractivity contribution in [3.05, 3.63) is 35.2 Å². The van der Waals surface area contributed by atoms with Gasteiger partial charge in [-0.1, -0.05) is 31.5 Å². The van der Waals surface area contributed by atoms with Crippen LogP contribution in [0.15, 0.2) is 29.6 Å². The van der Waals surface area contributed by atoms with Crippen molar-refractivity contribution >= 4 is 27.3 Å². The van der Waals surface area contributed by atoms with E-state index in [1.807, 2.05) is 28.5 Å². The van der Waals surface area contributed by atoms with Gasteiger partial charge in [0.25, 0.3) is 5.91 Å². The number of nitrogens with zero attached hydrogens (tertiary/aromatic N) is 1. The summed E-state index contributed by atoms with van der Waals surface area (Å²) in [5, 5.41) is 3.06. The molecule has 2 unspecified atom stereocenters. The Labute approximate surface area is 129 Å². The Balaban J connectivity index is 1.87. The quantitative estimate of drug-likeness (QED) is 0.943. The minimum Gasteiger partial charge on any atom is -0.334 e. The molecule has 3 rings (SSSR count). The molecule has 2 aromatic rings. The summed E-state index contributed by atoms with van der Waals surface area (Å²) >= 11 is 1.64. The molecule has 112 valence electrons. The summed E-state index contributed by atoms with van der Waals surface area (Å²) in [6, 6.07) is 8.31. The fourth-order valence-corrected chi connectivity index (χ4v) is 4.23. The molecule has 0 saturated carbocycles. The maximum absolute atomic E-state index is 12.9. The number of hydrogen-bond acceptors (Lipinski definition) is 3. The van der Waals surface area contributed by atoms with Crippen LogP contribution in [0.4, 0.5) is 0 Å². The summed E-state index contributed by atoms with van der Waals surface area (Å²) in [6.45, 7) is 3.62. The van der Waals surface area contributed by atoms with E-state index in [0.717, 1.165) is 30.3 Å². The molecule has 1 aliphatic rings. The number of fused-ring (bicyclic) bond motifs is 1. The van der Waals surface area contributed by atoms with Crippen LogP contribution in [-0.4, -0.2) is 29.9 Å². The zero-order valence-corrected chi connectivity index (χ0v) is 13.2. The average molecular weight is 302 g/mol. The fourth-order valence-electron chi connectivity index (χ4n) is 3.29. The van der Waals surface area contributed by atoms with Gasteiger partial charge in [0.05, 0.1) is 5.56 Å². The number of rotatable bonds is 3. The Hall–Kier alpha value is -1.39. The monoisotopic (exact) mass is 302 g/mol. The number of piperidine rings is 1. The molecule has 1 aliphatic heterocycles. The summed E-state index contributed by atoms with van der Waals surface area (Å²) in [5.41, 5.74) is 6.76. The van der Waals surface area contributed by atoms with E-state index in [2.05, 4.69) is 13.0 Å². The predicted molar refractivity (Wildman–Crippen MR) is 88.7 cm³/mol. The van der Waals surface area contributed by atoms with Crippen LogP contribution in [0.2, 0.25) is 0 Å². The van der Waals surface area contributed by atoms with E-state index in [0.29, 0.717) is 12.5 Å². The standard InChI is InChI=1S/C17H22N2OS/c1-2-12-7-8-19(13(9-12)10-18)17(20)15-11-21-16-6-4-3-5-14(15)16/h3-6,11-13H,2,7-10,18H2,1H3. The lowest BCUT2D eigenvalue weighted by Crippen LogP contribution is -2.49. The molecular weight excluding hydrogens is 280 g/mol. The highest BCUT2D eigenvalue weighted by molar-refractivity contribution is 7.17. The number of benzene rings is 1. The molecule has 0 aliphatic carbocycles. The molecule has 2 atom stereocenters. The first-order valence-electron chi connectivity index (χ1n) is 7.71. The third-order valence-electron chi connectivity index (χ3n) is 4.65. The molecule has 0 radical (unpaired) electrons. The van der Waals surface area contributed by atoms with Gasteiger partial charge in [-0.15, -0.1) is 11.3 Å². The van der Waals surface area contributed by atoms with Gasteiger partial charge in [-0.3, -0.25) is 4.79 Å². The van der Waals surface area contributed by atoms with Crippen LogP contribution < -0.4 is 5.73 Å². The van der Waals surface area contributed by atoms with Crippen molar-refractivity contribution < 1.29 is 4.79 Å². The molecule has 2 heterocycles. The molecule has 1 saturated heterocycles. The SMILES string of the molecule is CCC1CCN(C(=O)c2csc3ccccc23)C(CN)C1. The second kappa shape index (κ2) is 6.16. The molecule has 3 nitrogen and oxygen atoms in total. The first-order chi connectivity index (χ1) is 10.2. The minimum atomic E-state index is 0.150. The summed E-state index contributed by atoms with van der Waals surface area (Å²) < 4.78 is 1.17. The van der Waals surface area contributed by atoms with Crippen LogP contribution in [0.1, 0.15) is 36.5 Å². The molecule has 4 heteroatoms. The Morgan fingerprint density at radius 2 is 2.24 bits per heavy atom. The van der Waals surface area contributed by atoms with E-state index in [1.54, 1.807) is 11.3 Å². The minimum absolute atomic E-state index is 0.150. The van der Waals surface area contributed by atoms with Crippen LogP contribution in [-0.2, 0) is 0 Å². The molecule has 0 spiro atoms. The van der Waals surface area contributed by atoms with Gasteiger partial charge in [0, 0.05) is 34.6 Å². The molecule has 1 aromatic carbocycles. The number of carbonyl (C=O) groups is 1. The summed E-state index contributed by atoms with van der Waals surface area (Å²) in [6.07, 6.45) is 3.32. The average Bonchev–Trinajstić information content (AvgIpc) is 2.97. The number of thiophene rings is 1. The molecule has 21 heavy (non-hydrogen) atoms. The Morgan fingerprint density at radius 1 is 1.43 bits per heavy atom. The van der Waals surface area contributed by atoms with Crippen molar-refractivity contribution in [1.29, 1.82) is 0 Å². The van der Waals surface area contributed by atoms with Crippen LogP contribution in [0.5, 0.6) is 0 Å². The van der Waals surface area contributed by atoms with Crippen LogP contribution in [0.3, 0.4) is 0 Å². The van der Waals surface area contributed by atoms with Crippen LogP contribution in [0.25, 0.3) is 10.1 Å². The van der Waals surface area contributed by atoms with Crippen molar-refractivity contribution in [3.63, 3.8) is 0 Å². The van der Waals surface area contributed by atoms with Gasteiger partial charge in [-0.2, -0.15) is 0 Å². The van der Waals surface area contributed by atoms with E-state index in [4.69, 9.17) is 5.73 Å². The smallest absolute Gasteiger partial charge is 0.255 e. The largest absolute Gasteiger partial charge is 0.334 e. The lowest BCUT2D eigenvalue weighted by Gasteiger charge is -2.38. The van der Waals surface area contributed by atoms with Crippen LogP contribution in [0, 0.1) is 5.92 Å². The van der Waals surface area contributed by atoms with E-state index in [1.165, 1.54) is 11.1 Å². The Kier molecular flexibility index (Phi) is 4.27. The summed E-state index contributed by atoms with van der Waals surface area (Å²) in [7, 11) is 0. The Morgan fingerprint density at radius 3 is 3.00 bits per heavy atom.